The maximum atomic E-state index is 11.5. The minimum Gasteiger partial charge on any atom is -0.394 e. The van der Waals surface area contributed by atoms with Gasteiger partial charge in [-0.15, -0.1) is 26.0 Å². The monoisotopic (exact) mass is 280 g/mol. The summed E-state index contributed by atoms with van der Waals surface area (Å²) in [6, 6.07) is 1.28. The number of hydrogen-bond donors (Lipinski definition) is 2. The van der Waals surface area contributed by atoms with E-state index in [4.69, 9.17) is 9.84 Å². The van der Waals surface area contributed by atoms with E-state index >= 15 is 0 Å². The minimum atomic E-state index is -0.483. The maximum absolute atomic E-state index is 11.5. The summed E-state index contributed by atoms with van der Waals surface area (Å²) in [7, 11) is 0. The molecule has 0 aliphatic carbocycles. The van der Waals surface area contributed by atoms with Crippen molar-refractivity contribution >= 4 is 0 Å². The molecule has 0 aromatic carbocycles. The number of aromatic amines is 1. The zero-order chi connectivity index (χ0) is 15.7. The Morgan fingerprint density at radius 3 is 2.55 bits per heavy atom. The number of nitrogens with one attached hydrogen (secondary N) is 1. The van der Waals surface area contributed by atoms with Gasteiger partial charge in [0.15, 0.2) is 0 Å². The molecule has 2 heterocycles. The van der Waals surface area contributed by atoms with Crippen LogP contribution in [0.4, 0.5) is 0 Å². The highest BCUT2D eigenvalue weighted by Crippen LogP contribution is 2.32. The summed E-state index contributed by atoms with van der Waals surface area (Å²) in [5, 5.41) is 8.99. The summed E-state index contributed by atoms with van der Waals surface area (Å²) >= 11 is 0. The zero-order valence-corrected chi connectivity index (χ0v) is 11.5. The molecule has 1 aliphatic heterocycles. The third kappa shape index (κ3) is 4.23. The number of aliphatic hydroxyl groups is 1. The average Bonchev–Trinajstić information content (AvgIpc) is 2.84. The molecule has 1 aromatic heterocycles. The van der Waals surface area contributed by atoms with Gasteiger partial charge in [0.2, 0.25) is 0 Å². The second kappa shape index (κ2) is 8.91. The Kier molecular flexibility index (Phi) is 7.97. The van der Waals surface area contributed by atoms with Gasteiger partial charge in [-0.2, -0.15) is 0 Å². The number of H-pyrrole nitrogens is 1. The third-order valence-corrected chi connectivity index (χ3v) is 2.78. The van der Waals surface area contributed by atoms with E-state index in [1.807, 2.05) is 6.92 Å². The molecule has 110 valence electrons. The first-order chi connectivity index (χ1) is 9.61. The van der Waals surface area contributed by atoms with Gasteiger partial charge in [0.05, 0.1) is 12.7 Å². The van der Waals surface area contributed by atoms with Gasteiger partial charge >= 0.3 is 5.69 Å². The summed E-state index contributed by atoms with van der Waals surface area (Å²) in [6.07, 6.45) is 9.47. The van der Waals surface area contributed by atoms with E-state index < -0.39 is 17.5 Å². The van der Waals surface area contributed by atoms with Crippen LogP contribution in [0.3, 0.4) is 0 Å². The van der Waals surface area contributed by atoms with Crippen LogP contribution in [-0.2, 0) is 4.74 Å². The molecule has 1 aliphatic rings. The highest BCUT2D eigenvalue weighted by Gasteiger charge is 2.33. The van der Waals surface area contributed by atoms with Crippen LogP contribution < -0.4 is 11.2 Å². The minimum absolute atomic E-state index is 0.0566. The standard InChI is InChI=1S/C10H14N2O4.C2H4.C2H2/c1-6-4-7(5-13)16-9(6)12-3-2-8(14)11-10(12)15;2*1-2/h2-3,6-7,9,13H,4-5H2,1H3,(H,11,14,15);1-2H2;1-2H/t6-,7-,9+;;/m0../s1. The largest absolute Gasteiger partial charge is 0.394 e. The van der Waals surface area contributed by atoms with Gasteiger partial charge in [-0.1, -0.05) is 6.92 Å². The number of terminal acetylenes is 1. The summed E-state index contributed by atoms with van der Waals surface area (Å²) in [5.74, 6) is 0.126. The number of aromatic nitrogens is 2. The van der Waals surface area contributed by atoms with E-state index in [0.29, 0.717) is 6.42 Å². The molecule has 0 unspecified atom stereocenters. The summed E-state index contributed by atoms with van der Waals surface area (Å²) < 4.78 is 6.87. The van der Waals surface area contributed by atoms with Crippen LogP contribution in [0, 0.1) is 18.8 Å². The highest BCUT2D eigenvalue weighted by molar-refractivity contribution is 4.87. The lowest BCUT2D eigenvalue weighted by molar-refractivity contribution is -0.0336. The zero-order valence-electron chi connectivity index (χ0n) is 11.5. The van der Waals surface area contributed by atoms with Gasteiger partial charge in [-0.25, -0.2) is 4.79 Å². The van der Waals surface area contributed by atoms with Crippen molar-refractivity contribution in [1.29, 1.82) is 0 Å². The van der Waals surface area contributed by atoms with Crippen LogP contribution in [0.5, 0.6) is 0 Å². The molecule has 1 saturated heterocycles. The van der Waals surface area contributed by atoms with Crippen LogP contribution in [0.15, 0.2) is 35.0 Å². The molecule has 0 bridgehead atoms. The summed E-state index contributed by atoms with van der Waals surface area (Å²) in [5.41, 5.74) is -0.909. The van der Waals surface area contributed by atoms with Crippen molar-refractivity contribution in [2.45, 2.75) is 25.7 Å². The number of aliphatic hydroxyl groups excluding tert-OH is 1. The SMILES string of the molecule is C#C.C=C.C[C@H]1C[C@@H](CO)O[C@H]1n1ccc(=O)[nH]c1=O. The van der Waals surface area contributed by atoms with E-state index in [2.05, 4.69) is 31.0 Å². The fourth-order valence-corrected chi connectivity index (χ4v) is 2.00. The first-order valence-electron chi connectivity index (χ1n) is 6.03. The van der Waals surface area contributed by atoms with Gasteiger partial charge in [0, 0.05) is 18.2 Å². The fraction of sp³-hybridized carbons (Fsp3) is 0.429. The van der Waals surface area contributed by atoms with Crippen LogP contribution in [0.1, 0.15) is 19.6 Å². The Balaban J connectivity index is 0.000000829. The van der Waals surface area contributed by atoms with Crippen molar-refractivity contribution in [3.63, 3.8) is 0 Å². The predicted molar refractivity (Wildman–Crippen MR) is 77.2 cm³/mol. The van der Waals surface area contributed by atoms with Crippen molar-refractivity contribution in [3.8, 4) is 12.8 Å². The molecule has 0 spiro atoms. The second-order valence-corrected chi connectivity index (χ2v) is 4.06. The summed E-state index contributed by atoms with van der Waals surface area (Å²) in [6.45, 7) is 7.89. The molecule has 20 heavy (non-hydrogen) atoms. The first kappa shape index (κ1) is 17.9. The van der Waals surface area contributed by atoms with E-state index in [0.717, 1.165) is 0 Å². The molecular weight excluding hydrogens is 260 g/mol. The number of hydrogen-bond acceptors (Lipinski definition) is 4. The maximum Gasteiger partial charge on any atom is 0.330 e. The molecule has 1 aromatic rings. The molecule has 0 saturated carbocycles. The van der Waals surface area contributed by atoms with Gasteiger partial charge in [0.1, 0.15) is 6.23 Å². The first-order valence-corrected chi connectivity index (χ1v) is 6.03. The van der Waals surface area contributed by atoms with Crippen molar-refractivity contribution in [2.24, 2.45) is 5.92 Å². The Morgan fingerprint density at radius 2 is 2.10 bits per heavy atom. The van der Waals surface area contributed by atoms with E-state index in [1.54, 1.807) is 0 Å². The molecule has 3 atom stereocenters. The normalized spacial score (nSPS) is 23.9. The molecule has 2 N–H and O–H groups in total. The lowest BCUT2D eigenvalue weighted by atomic mass is 10.1. The molecular formula is C14H20N2O4. The second-order valence-electron chi connectivity index (χ2n) is 4.06. The van der Waals surface area contributed by atoms with Crippen LogP contribution in [0.2, 0.25) is 0 Å². The molecule has 6 heteroatoms. The average molecular weight is 280 g/mol. The number of nitrogens with zero attached hydrogens (tertiary/aromatic N) is 1. The third-order valence-electron chi connectivity index (χ3n) is 2.78. The van der Waals surface area contributed by atoms with Gasteiger partial charge in [-0.05, 0) is 6.42 Å². The van der Waals surface area contributed by atoms with Crippen LogP contribution in [-0.4, -0.2) is 27.4 Å². The van der Waals surface area contributed by atoms with Crippen molar-refractivity contribution in [2.75, 3.05) is 6.61 Å². The van der Waals surface area contributed by atoms with Crippen LogP contribution >= 0.6 is 0 Å². The van der Waals surface area contributed by atoms with Gasteiger partial charge < -0.3 is 9.84 Å². The molecule has 6 nitrogen and oxygen atoms in total. The topological polar surface area (TPSA) is 84.3 Å². The van der Waals surface area contributed by atoms with Crippen molar-refractivity contribution in [1.82, 2.24) is 9.55 Å². The van der Waals surface area contributed by atoms with E-state index in [-0.39, 0.29) is 18.6 Å². The van der Waals surface area contributed by atoms with Crippen molar-refractivity contribution < 1.29 is 9.84 Å². The summed E-state index contributed by atoms with van der Waals surface area (Å²) in [4.78, 5) is 24.6. The quantitative estimate of drug-likeness (QED) is 0.610. The molecule has 0 radical (unpaired) electrons. The van der Waals surface area contributed by atoms with E-state index in [1.165, 1.54) is 16.8 Å². The Morgan fingerprint density at radius 1 is 1.50 bits per heavy atom. The van der Waals surface area contributed by atoms with Crippen LogP contribution in [0.25, 0.3) is 0 Å². The highest BCUT2D eigenvalue weighted by atomic mass is 16.5. The fourth-order valence-electron chi connectivity index (χ4n) is 2.00. The smallest absolute Gasteiger partial charge is 0.330 e. The van der Waals surface area contributed by atoms with Gasteiger partial charge in [0.25, 0.3) is 5.56 Å². The Labute approximate surface area is 117 Å². The Hall–Kier alpha value is -2.10. The lowest BCUT2D eigenvalue weighted by Gasteiger charge is -2.17. The Bertz CT molecular complexity index is 532. The van der Waals surface area contributed by atoms with Gasteiger partial charge in [-0.3, -0.25) is 14.3 Å². The van der Waals surface area contributed by atoms with E-state index in [9.17, 15) is 9.59 Å². The molecule has 1 fully saturated rings. The van der Waals surface area contributed by atoms with Crippen molar-refractivity contribution in [3.05, 3.63) is 46.3 Å². The predicted octanol–water partition coefficient (Wildman–Crippen LogP) is 0.504. The molecule has 2 rings (SSSR count). The molecule has 0 amide bonds. The number of rotatable bonds is 2. The number of ether oxygens (including phenoxy) is 1. The lowest BCUT2D eigenvalue weighted by Crippen LogP contribution is -2.33.